The van der Waals surface area contributed by atoms with Gasteiger partial charge in [0.15, 0.2) is 0 Å². The first-order valence-electron chi connectivity index (χ1n) is 19.4. The van der Waals surface area contributed by atoms with Gasteiger partial charge in [0.25, 0.3) is 0 Å². The highest BCUT2D eigenvalue weighted by Gasteiger charge is 2.46. The van der Waals surface area contributed by atoms with Crippen molar-refractivity contribution in [2.24, 2.45) is 0 Å². The molecule has 0 radical (unpaired) electrons. The fraction of sp³-hybridized carbons (Fsp3) is 0.615. The number of nitrogen functional groups attached to an aromatic ring is 1. The van der Waals surface area contributed by atoms with Gasteiger partial charge in [-0.1, -0.05) is 38.0 Å². The topological polar surface area (TPSA) is 201 Å². The predicted octanol–water partition coefficient (Wildman–Crippen LogP) is 1.34. The lowest BCUT2D eigenvalue weighted by atomic mass is 9.99. The Morgan fingerprint density at radius 1 is 0.907 bits per heavy atom. The van der Waals surface area contributed by atoms with Crippen molar-refractivity contribution >= 4 is 47.1 Å². The number of carbonyl (C=O) groups is 7. The number of rotatable bonds is 9. The molecule has 15 heteroatoms. The summed E-state index contributed by atoms with van der Waals surface area (Å²) in [6, 6.07) is 0.634. The molecular weight excluding hydrogens is 694 g/mol. The van der Waals surface area contributed by atoms with Crippen LogP contribution in [0.15, 0.2) is 36.4 Å². The zero-order valence-corrected chi connectivity index (χ0v) is 31.6. The molecule has 54 heavy (non-hydrogen) atoms. The third kappa shape index (κ3) is 9.58. The van der Waals surface area contributed by atoms with E-state index in [9.17, 15) is 33.6 Å². The Morgan fingerprint density at radius 2 is 1.57 bits per heavy atom. The number of amides is 6. The SMILES string of the molecule is CCCCC=CC(=O)N[C@@H](Cc1cccc(N)c1)C(=O)N[C@@H]1C(=O)N2CCC[C@H]2C(=O)N2CCCC[C@H]2C(=O)N[C@@H](C)C(=O)N2CCC[C@H]2C(=O)O[C@H]1C. The van der Waals surface area contributed by atoms with Crippen molar-refractivity contribution in [3.8, 4) is 0 Å². The number of ether oxygens (including phenoxy) is 1. The molecule has 0 bridgehead atoms. The highest BCUT2D eigenvalue weighted by molar-refractivity contribution is 5.98. The number of anilines is 1. The molecule has 4 aliphatic rings. The zero-order valence-electron chi connectivity index (χ0n) is 31.6. The molecular formula is C39H55N7O8. The molecule has 5 rings (SSSR count). The number of nitrogens with one attached hydrogen (secondary N) is 3. The van der Waals surface area contributed by atoms with Gasteiger partial charge in [0.2, 0.25) is 35.4 Å². The van der Waals surface area contributed by atoms with E-state index in [1.165, 1.54) is 27.7 Å². The lowest BCUT2D eigenvalue weighted by molar-refractivity contribution is -0.163. The molecule has 0 saturated carbocycles. The van der Waals surface area contributed by atoms with Gasteiger partial charge in [-0.15, -0.1) is 0 Å². The van der Waals surface area contributed by atoms with Gasteiger partial charge in [0.05, 0.1) is 0 Å². The Balaban J connectivity index is 1.48. The van der Waals surface area contributed by atoms with Gasteiger partial charge in [-0.3, -0.25) is 28.8 Å². The second kappa shape index (κ2) is 18.4. The summed E-state index contributed by atoms with van der Waals surface area (Å²) in [7, 11) is 0. The van der Waals surface area contributed by atoms with Crippen LogP contribution < -0.4 is 21.7 Å². The fourth-order valence-corrected chi connectivity index (χ4v) is 7.88. The molecule has 7 atom stereocenters. The molecule has 6 amide bonds. The van der Waals surface area contributed by atoms with E-state index in [0.717, 1.165) is 12.8 Å². The summed E-state index contributed by atoms with van der Waals surface area (Å²) in [6.07, 6.45) is 7.96. The maximum absolute atomic E-state index is 14.6. The highest BCUT2D eigenvalue weighted by Crippen LogP contribution is 2.27. The third-order valence-corrected chi connectivity index (χ3v) is 10.8. The van der Waals surface area contributed by atoms with Crippen LogP contribution >= 0.6 is 0 Å². The summed E-state index contributed by atoms with van der Waals surface area (Å²) >= 11 is 0. The van der Waals surface area contributed by atoms with Crippen molar-refractivity contribution in [1.82, 2.24) is 30.7 Å². The van der Waals surface area contributed by atoms with E-state index >= 15 is 0 Å². The molecule has 4 aliphatic heterocycles. The number of nitrogens with two attached hydrogens (primary N) is 1. The Kier molecular flexibility index (Phi) is 13.7. The van der Waals surface area contributed by atoms with Crippen molar-refractivity contribution in [2.75, 3.05) is 25.4 Å². The minimum absolute atomic E-state index is 0.0427. The van der Waals surface area contributed by atoms with E-state index < -0.39 is 77.9 Å². The van der Waals surface area contributed by atoms with E-state index in [0.29, 0.717) is 69.2 Å². The number of piperidine rings is 1. The molecule has 4 fully saturated rings. The zero-order chi connectivity index (χ0) is 38.9. The van der Waals surface area contributed by atoms with Crippen LogP contribution in [0.4, 0.5) is 5.69 Å². The molecule has 4 heterocycles. The molecule has 294 valence electrons. The number of cyclic esters (lactones) is 1. The van der Waals surface area contributed by atoms with Gasteiger partial charge in [0, 0.05) is 31.7 Å². The van der Waals surface area contributed by atoms with Gasteiger partial charge >= 0.3 is 5.97 Å². The quantitative estimate of drug-likeness (QED) is 0.125. The molecule has 15 nitrogen and oxygen atoms in total. The predicted molar refractivity (Wildman–Crippen MR) is 199 cm³/mol. The summed E-state index contributed by atoms with van der Waals surface area (Å²) in [6.45, 7) is 5.89. The van der Waals surface area contributed by atoms with Crippen molar-refractivity contribution in [1.29, 1.82) is 0 Å². The second-order valence-corrected chi connectivity index (χ2v) is 14.8. The van der Waals surface area contributed by atoms with Crippen LogP contribution in [-0.2, 0) is 44.7 Å². The minimum Gasteiger partial charge on any atom is -0.458 e. The summed E-state index contributed by atoms with van der Waals surface area (Å²) < 4.78 is 5.89. The first-order valence-corrected chi connectivity index (χ1v) is 19.4. The van der Waals surface area contributed by atoms with Crippen molar-refractivity contribution in [3.05, 3.63) is 42.0 Å². The monoisotopic (exact) mass is 749 g/mol. The first kappa shape index (κ1) is 40.2. The van der Waals surface area contributed by atoms with Gasteiger partial charge in [0.1, 0.15) is 42.4 Å². The molecule has 4 saturated heterocycles. The number of nitrogens with zero attached hydrogens (tertiary/aromatic N) is 3. The van der Waals surface area contributed by atoms with Crippen molar-refractivity contribution < 1.29 is 38.3 Å². The van der Waals surface area contributed by atoms with Crippen LogP contribution in [0.25, 0.3) is 0 Å². The number of benzene rings is 1. The number of fused-ring (bicyclic) bond motifs is 3. The first-order chi connectivity index (χ1) is 25.9. The number of unbranched alkanes of at least 4 members (excludes halogenated alkanes) is 2. The number of hydrogen-bond donors (Lipinski definition) is 4. The Bertz CT molecular complexity index is 1620. The number of carbonyl (C=O) groups excluding carboxylic acids is 7. The number of allylic oxidation sites excluding steroid dienone is 1. The average Bonchev–Trinajstić information content (AvgIpc) is 3.85. The van der Waals surface area contributed by atoms with Crippen LogP contribution in [0.1, 0.15) is 90.5 Å². The Labute approximate surface area is 316 Å². The van der Waals surface area contributed by atoms with E-state index in [1.807, 2.05) is 6.92 Å². The maximum atomic E-state index is 14.6. The fourth-order valence-electron chi connectivity index (χ4n) is 7.88. The standard InChI is InChI=1S/C39H55N7O8/c1-4-5-6-7-18-32(47)42-28(23-26-13-10-14-27(40)22-26)34(48)43-33-25(3)54-39(53)31-17-12-21-46(31)36(50)24(2)41-35(49)29-15-8-9-19-44(29)37(51)30-16-11-20-45(30)38(33)52/h7,10,13-14,18,22,24-25,28-31,33H,4-6,8-9,11-12,15-17,19-21,23,40H2,1-3H3,(H,41,49)(H,42,47)(H,43,48)/t24-,25-,28-,29-,30-,31-,33-/m0/s1. The lowest BCUT2D eigenvalue weighted by Gasteiger charge is -2.39. The summed E-state index contributed by atoms with van der Waals surface area (Å²) in [4.78, 5) is 101. The van der Waals surface area contributed by atoms with Gasteiger partial charge < -0.3 is 41.1 Å². The third-order valence-electron chi connectivity index (χ3n) is 10.8. The Morgan fingerprint density at radius 3 is 2.30 bits per heavy atom. The molecule has 0 aromatic heterocycles. The summed E-state index contributed by atoms with van der Waals surface area (Å²) in [5.74, 6) is -3.89. The number of hydrogen-bond acceptors (Lipinski definition) is 9. The van der Waals surface area contributed by atoms with Crippen molar-refractivity contribution in [3.63, 3.8) is 0 Å². The molecule has 1 aromatic carbocycles. The van der Waals surface area contributed by atoms with E-state index in [4.69, 9.17) is 10.5 Å². The largest absolute Gasteiger partial charge is 0.458 e. The minimum atomic E-state index is -1.45. The molecule has 5 N–H and O–H groups in total. The van der Waals surface area contributed by atoms with Crippen LogP contribution in [0.2, 0.25) is 0 Å². The van der Waals surface area contributed by atoms with E-state index in [-0.39, 0.29) is 25.4 Å². The summed E-state index contributed by atoms with van der Waals surface area (Å²) in [5, 5.41) is 8.32. The van der Waals surface area contributed by atoms with Crippen LogP contribution in [0.3, 0.4) is 0 Å². The normalized spacial score (nSPS) is 27.5. The van der Waals surface area contributed by atoms with Crippen LogP contribution in [-0.4, -0.2) is 118 Å². The van der Waals surface area contributed by atoms with Crippen molar-refractivity contribution in [2.45, 2.75) is 134 Å². The smallest absolute Gasteiger partial charge is 0.329 e. The lowest BCUT2D eigenvalue weighted by Crippen LogP contribution is -2.63. The maximum Gasteiger partial charge on any atom is 0.329 e. The van der Waals surface area contributed by atoms with E-state index in [1.54, 1.807) is 37.3 Å². The van der Waals surface area contributed by atoms with Crippen LogP contribution in [0.5, 0.6) is 0 Å². The second-order valence-electron chi connectivity index (χ2n) is 14.8. The molecule has 0 spiro atoms. The molecule has 1 aromatic rings. The number of esters is 1. The van der Waals surface area contributed by atoms with E-state index in [2.05, 4.69) is 16.0 Å². The van der Waals surface area contributed by atoms with Gasteiger partial charge in [-0.25, -0.2) is 4.79 Å². The van der Waals surface area contributed by atoms with Gasteiger partial charge in [-0.2, -0.15) is 0 Å². The molecule has 0 unspecified atom stereocenters. The molecule has 0 aliphatic carbocycles. The average molecular weight is 750 g/mol. The van der Waals surface area contributed by atoms with Gasteiger partial charge in [-0.05, 0) is 89.0 Å². The highest BCUT2D eigenvalue weighted by atomic mass is 16.5. The summed E-state index contributed by atoms with van der Waals surface area (Å²) in [5.41, 5.74) is 7.15. The Hall–Kier alpha value is -4.95. The van der Waals surface area contributed by atoms with Crippen LogP contribution in [0, 0.1) is 0 Å².